The SMILES string of the molecule is O=C(O)CC12C[C@H]3C[C@@H](C1)CC(n1ncc(Nc4cccc(Cl)c4)c(Cl)c1=O)(C3)C2. The first-order valence-corrected chi connectivity index (χ1v) is 11.1. The van der Waals surface area contributed by atoms with Crippen molar-refractivity contribution in [3.05, 3.63) is 50.9 Å². The number of halogens is 2. The summed E-state index contributed by atoms with van der Waals surface area (Å²) in [5, 5.41) is 17.8. The van der Waals surface area contributed by atoms with Gasteiger partial charge in [-0.3, -0.25) is 9.59 Å². The highest BCUT2D eigenvalue weighted by atomic mass is 35.5. The predicted molar refractivity (Wildman–Crippen MR) is 116 cm³/mol. The Hall–Kier alpha value is -2.05. The number of benzene rings is 1. The molecule has 4 bridgehead atoms. The van der Waals surface area contributed by atoms with E-state index in [-0.39, 0.29) is 22.4 Å². The lowest BCUT2D eigenvalue weighted by Crippen LogP contribution is -2.59. The van der Waals surface area contributed by atoms with Gasteiger partial charge in [-0.25, -0.2) is 4.68 Å². The number of hydrogen-bond acceptors (Lipinski definition) is 4. The summed E-state index contributed by atoms with van der Waals surface area (Å²) in [6, 6.07) is 7.16. The van der Waals surface area contributed by atoms with Crippen LogP contribution in [0.2, 0.25) is 10.0 Å². The molecule has 1 heterocycles. The third-order valence-corrected chi connectivity index (χ3v) is 7.75. The zero-order chi connectivity index (χ0) is 21.1. The Bertz CT molecular complexity index is 1070. The molecule has 4 fully saturated rings. The van der Waals surface area contributed by atoms with E-state index in [1.165, 1.54) is 0 Å². The van der Waals surface area contributed by atoms with Crippen LogP contribution in [0.5, 0.6) is 0 Å². The van der Waals surface area contributed by atoms with Crippen LogP contribution in [0.4, 0.5) is 11.4 Å². The second-order valence-electron chi connectivity index (χ2n) is 9.48. The molecule has 4 saturated carbocycles. The van der Waals surface area contributed by atoms with E-state index in [1.54, 1.807) is 23.0 Å². The quantitative estimate of drug-likeness (QED) is 0.668. The Morgan fingerprint density at radius 1 is 1.23 bits per heavy atom. The molecule has 0 spiro atoms. The highest BCUT2D eigenvalue weighted by Crippen LogP contribution is 2.65. The molecule has 4 atom stereocenters. The second kappa shape index (κ2) is 6.99. The number of nitrogens with one attached hydrogen (secondary N) is 1. The molecule has 30 heavy (non-hydrogen) atoms. The molecular formula is C22H23Cl2N3O3. The average Bonchev–Trinajstić information content (AvgIpc) is 2.63. The second-order valence-corrected chi connectivity index (χ2v) is 10.3. The molecule has 6 nitrogen and oxygen atoms in total. The minimum atomic E-state index is -0.758. The van der Waals surface area contributed by atoms with E-state index in [0.717, 1.165) is 37.8 Å². The van der Waals surface area contributed by atoms with Crippen molar-refractivity contribution < 1.29 is 9.90 Å². The van der Waals surface area contributed by atoms with Gasteiger partial charge in [-0.1, -0.05) is 29.3 Å². The van der Waals surface area contributed by atoms with Gasteiger partial charge in [-0.05, 0) is 74.0 Å². The molecule has 6 rings (SSSR count). The van der Waals surface area contributed by atoms with Crippen molar-refractivity contribution in [2.24, 2.45) is 17.3 Å². The fourth-order valence-electron chi connectivity index (χ4n) is 6.76. The lowest BCUT2D eigenvalue weighted by Gasteiger charge is -2.61. The van der Waals surface area contributed by atoms with Gasteiger partial charge in [0.05, 0.1) is 23.8 Å². The molecule has 2 N–H and O–H groups in total. The van der Waals surface area contributed by atoms with Crippen molar-refractivity contribution >= 4 is 40.5 Å². The van der Waals surface area contributed by atoms with Gasteiger partial charge >= 0.3 is 5.97 Å². The first-order valence-electron chi connectivity index (χ1n) is 10.3. The van der Waals surface area contributed by atoms with E-state index in [0.29, 0.717) is 29.0 Å². The summed E-state index contributed by atoms with van der Waals surface area (Å²) >= 11 is 12.5. The van der Waals surface area contributed by atoms with Crippen LogP contribution in [-0.4, -0.2) is 20.9 Å². The molecule has 2 aromatic rings. The van der Waals surface area contributed by atoms with Crippen LogP contribution in [-0.2, 0) is 10.3 Å². The first-order chi connectivity index (χ1) is 14.3. The van der Waals surface area contributed by atoms with Crippen LogP contribution in [0.1, 0.15) is 44.9 Å². The van der Waals surface area contributed by atoms with Crippen molar-refractivity contribution in [2.75, 3.05) is 5.32 Å². The summed E-state index contributed by atoms with van der Waals surface area (Å²) in [6.07, 6.45) is 7.18. The normalized spacial score (nSPS) is 31.7. The molecule has 2 unspecified atom stereocenters. The zero-order valence-electron chi connectivity index (χ0n) is 16.4. The highest BCUT2D eigenvalue weighted by molar-refractivity contribution is 6.33. The summed E-state index contributed by atoms with van der Waals surface area (Å²) in [7, 11) is 0. The lowest BCUT2D eigenvalue weighted by atomic mass is 9.46. The van der Waals surface area contributed by atoms with Gasteiger partial charge in [0, 0.05) is 10.7 Å². The number of aliphatic carboxylic acids is 1. The van der Waals surface area contributed by atoms with E-state index in [1.807, 2.05) is 12.1 Å². The Morgan fingerprint density at radius 3 is 2.63 bits per heavy atom. The summed E-state index contributed by atoms with van der Waals surface area (Å²) in [5.41, 5.74) is 0.163. The molecular weight excluding hydrogens is 425 g/mol. The van der Waals surface area contributed by atoms with Crippen LogP contribution < -0.4 is 10.9 Å². The van der Waals surface area contributed by atoms with E-state index in [9.17, 15) is 14.7 Å². The van der Waals surface area contributed by atoms with Gasteiger partial charge in [0.2, 0.25) is 0 Å². The molecule has 4 aliphatic carbocycles. The minimum absolute atomic E-state index is 0.0907. The Kier molecular flexibility index (Phi) is 4.63. The molecule has 0 saturated heterocycles. The van der Waals surface area contributed by atoms with E-state index in [2.05, 4.69) is 10.4 Å². The number of hydrogen-bond donors (Lipinski definition) is 2. The van der Waals surface area contributed by atoms with Gasteiger partial charge in [-0.2, -0.15) is 5.10 Å². The molecule has 0 aliphatic heterocycles. The molecule has 158 valence electrons. The van der Waals surface area contributed by atoms with Crippen LogP contribution in [0, 0.1) is 17.3 Å². The molecule has 0 amide bonds. The number of carboxylic acid groups (broad SMARTS) is 1. The van der Waals surface area contributed by atoms with Gasteiger partial charge < -0.3 is 10.4 Å². The minimum Gasteiger partial charge on any atom is -0.481 e. The van der Waals surface area contributed by atoms with Gasteiger partial charge in [0.1, 0.15) is 5.02 Å². The van der Waals surface area contributed by atoms with Crippen LogP contribution >= 0.6 is 23.2 Å². The number of aromatic nitrogens is 2. The maximum atomic E-state index is 13.3. The van der Waals surface area contributed by atoms with E-state index >= 15 is 0 Å². The van der Waals surface area contributed by atoms with Crippen molar-refractivity contribution in [2.45, 2.75) is 50.5 Å². The van der Waals surface area contributed by atoms with Crippen molar-refractivity contribution in [1.29, 1.82) is 0 Å². The van der Waals surface area contributed by atoms with Crippen molar-refractivity contribution in [3.63, 3.8) is 0 Å². The molecule has 8 heteroatoms. The summed E-state index contributed by atoms with van der Waals surface area (Å²) in [5.74, 6) is 0.135. The number of carboxylic acids is 1. The topological polar surface area (TPSA) is 84.2 Å². The zero-order valence-corrected chi connectivity index (χ0v) is 17.9. The lowest BCUT2D eigenvalue weighted by molar-refractivity contribution is -0.151. The van der Waals surface area contributed by atoms with Crippen LogP contribution in [0.25, 0.3) is 0 Å². The average molecular weight is 448 g/mol. The maximum absolute atomic E-state index is 13.3. The molecule has 4 aliphatic rings. The summed E-state index contributed by atoms with van der Waals surface area (Å²) < 4.78 is 1.56. The molecule has 1 aromatic heterocycles. The largest absolute Gasteiger partial charge is 0.481 e. The maximum Gasteiger partial charge on any atom is 0.303 e. The van der Waals surface area contributed by atoms with Crippen LogP contribution in [0.3, 0.4) is 0 Å². The number of rotatable bonds is 5. The smallest absolute Gasteiger partial charge is 0.303 e. The summed E-state index contributed by atoms with van der Waals surface area (Å²) in [6.45, 7) is 0. The van der Waals surface area contributed by atoms with Gasteiger partial charge in [0.15, 0.2) is 0 Å². The van der Waals surface area contributed by atoms with E-state index in [4.69, 9.17) is 23.2 Å². The fourth-order valence-corrected chi connectivity index (χ4v) is 7.12. The third-order valence-electron chi connectivity index (χ3n) is 7.15. The Morgan fingerprint density at radius 2 is 1.97 bits per heavy atom. The highest BCUT2D eigenvalue weighted by Gasteiger charge is 2.59. The fraction of sp³-hybridized carbons (Fsp3) is 0.500. The van der Waals surface area contributed by atoms with Crippen molar-refractivity contribution in [1.82, 2.24) is 9.78 Å². The number of nitrogens with zero attached hydrogens (tertiary/aromatic N) is 2. The Labute approximate surface area is 184 Å². The number of carbonyl (C=O) groups is 1. The third kappa shape index (κ3) is 3.30. The van der Waals surface area contributed by atoms with E-state index < -0.39 is 11.5 Å². The first kappa shape index (κ1) is 19.9. The molecule has 0 radical (unpaired) electrons. The van der Waals surface area contributed by atoms with Gasteiger partial charge in [-0.15, -0.1) is 0 Å². The monoisotopic (exact) mass is 447 g/mol. The van der Waals surface area contributed by atoms with Gasteiger partial charge in [0.25, 0.3) is 5.56 Å². The van der Waals surface area contributed by atoms with Crippen LogP contribution in [0.15, 0.2) is 35.3 Å². The number of anilines is 2. The Balaban J connectivity index is 1.51. The molecule has 1 aromatic carbocycles. The van der Waals surface area contributed by atoms with Crippen molar-refractivity contribution in [3.8, 4) is 0 Å². The standard InChI is InChI=1S/C22H23Cl2N3O3/c23-15-2-1-3-16(5-15)26-17-11-25-27(20(30)19(17)24)22-8-13-4-14(9-22)7-21(6-13,12-22)10-18(28)29/h1-3,5,11,13-14,26H,4,6-10,12H2,(H,28,29)/t13-,14+,21?,22?. The summed E-state index contributed by atoms with van der Waals surface area (Å²) in [4.78, 5) is 24.8. The predicted octanol–water partition coefficient (Wildman–Crippen LogP) is 5.06.